The van der Waals surface area contributed by atoms with E-state index >= 15 is 0 Å². The zero-order chi connectivity index (χ0) is 101. The van der Waals surface area contributed by atoms with Crippen LogP contribution in [0.5, 0.6) is 11.5 Å². The zero-order valence-electron chi connectivity index (χ0n) is 82.4. The topological polar surface area (TPSA) is 456 Å². The molecule has 0 unspecified atom stereocenters. The summed E-state index contributed by atoms with van der Waals surface area (Å²) in [6.45, 7) is 16.8. The van der Waals surface area contributed by atoms with Crippen LogP contribution in [0.1, 0.15) is 129 Å². The summed E-state index contributed by atoms with van der Waals surface area (Å²) in [5, 5.41) is 82.5. The third kappa shape index (κ3) is 24.5. The molecule has 0 saturated carbocycles. The number of likely N-dealkylation sites (tertiary alicyclic amines) is 2. The number of fused-ring (bicyclic) bond motifs is 4. The van der Waals surface area contributed by atoms with Gasteiger partial charge in [-0.3, -0.25) is 74.2 Å². The zero-order valence-corrected chi connectivity index (χ0v) is 82.4. The molecule has 5 aromatic carbocycles. The van der Waals surface area contributed by atoms with Crippen molar-refractivity contribution in [1.29, 1.82) is 0 Å². The Morgan fingerprint density at radius 1 is 0.295 bits per heavy atom. The Kier molecular flexibility index (Phi) is 30.6. The number of nitrogens with zero attached hydrogens (tertiary/aromatic N) is 19. The van der Waals surface area contributed by atoms with Gasteiger partial charge in [0.2, 0.25) is 0 Å². The number of nitrogens with one attached hydrogen (secondary N) is 8. The van der Waals surface area contributed by atoms with Crippen molar-refractivity contribution in [3.8, 4) is 56.0 Å². The number of morpholine rings is 1. The summed E-state index contributed by atoms with van der Waals surface area (Å²) in [7, 11) is 0. The maximum Gasteiger partial charge on any atom is 0.276 e. The molecule has 12 N–H and O–H groups in total. The van der Waals surface area contributed by atoms with Gasteiger partial charge in [-0.05, 0) is 269 Å². The van der Waals surface area contributed by atoms with Gasteiger partial charge in [0.1, 0.15) is 34.8 Å². The van der Waals surface area contributed by atoms with Crippen LogP contribution in [0.2, 0.25) is 0 Å². The Bertz CT molecular complexity index is 7490. The minimum Gasteiger partial charge on any atom is -0.456 e. The number of hydrogen-bond acceptors (Lipinski definition) is 29. The first-order valence-electron chi connectivity index (χ1n) is 51.0. The van der Waals surface area contributed by atoms with E-state index in [-0.39, 0.29) is 48.0 Å². The van der Waals surface area contributed by atoms with Crippen LogP contribution in [0.25, 0.3) is 88.1 Å². The molecule has 24 rings (SSSR count). The van der Waals surface area contributed by atoms with Crippen molar-refractivity contribution in [2.45, 2.75) is 115 Å². The molecule has 7 saturated heterocycles. The van der Waals surface area contributed by atoms with E-state index in [1.165, 1.54) is 30.4 Å². The highest BCUT2D eigenvalue weighted by Gasteiger charge is 2.29. The standard InChI is InChI=1S/C29H26N6O3.C28H31N7O3.C28H31N7O2.C27H29N7O2/c36-22-10-12-35(13-11-22)27-9-7-21(17-31-27)32-29(37)28-25-15-19(6-8-26(25)33-34-28)20-14-24(18-30-16-20)38-23-4-2-1-3-5-23;36-23-5-7-35(8-6-23)26-4-2-22(17-30-26)31-28(37)27-24-14-20(1-3-25(24)32-33-27)21-13-19(15-29-16-21)18-34-9-11-38-12-10-34;36-23-7-11-35(12-8-23)26-6-4-22(17-30-26)31-28(37)27-24-14-20(3-5-25(24)32-33-27)21-13-19(15-29-16-21)18-34-9-1-2-10-34;35-22-6-10-34(11-7-22)25-5-3-21(16-29-25)30-27(36)26-23-13-19(2-4-24(23)31-32-26)20-12-18(14-28-15-20)17-33-8-1-9-33/h1-9,14-18,22,36H,10-13H2,(H,32,37)(H,33,34);1-4,13-17,23,36H,5-12,18H2,(H,31,37)(H,32,33);3-6,13-17,23,36H,1-2,7-12,18H2,(H,31,37)(H,32,33);2-5,12-16,22,35H,1,6-11,17H2,(H,30,36)(H,31,32). The number of hydrogen-bond donors (Lipinski definition) is 12. The van der Waals surface area contributed by atoms with E-state index in [1.807, 2.05) is 195 Å². The third-order valence-electron chi connectivity index (χ3n) is 28.2. The molecule has 0 atom stereocenters. The van der Waals surface area contributed by atoms with Gasteiger partial charge in [0.05, 0.1) is 113 Å². The van der Waals surface area contributed by atoms with Crippen LogP contribution in [0, 0.1) is 0 Å². The van der Waals surface area contributed by atoms with E-state index in [9.17, 15) is 39.6 Å². The van der Waals surface area contributed by atoms with Gasteiger partial charge in [0, 0.05) is 172 Å². The number of ether oxygens (including phenoxy) is 2. The Morgan fingerprint density at radius 2 is 0.584 bits per heavy atom. The number of amides is 4. The summed E-state index contributed by atoms with van der Waals surface area (Å²) in [4.78, 5) is 104. The number of aliphatic hydroxyl groups excluding tert-OH is 4. The second-order valence-electron chi connectivity index (χ2n) is 38.7. The molecular weight excluding hydrogens is 1880 g/mol. The molecule has 149 heavy (non-hydrogen) atoms. The van der Waals surface area contributed by atoms with Gasteiger partial charge < -0.3 is 70.8 Å². The van der Waals surface area contributed by atoms with Gasteiger partial charge in [-0.2, -0.15) is 20.4 Å². The molecule has 17 aromatic rings. The smallest absolute Gasteiger partial charge is 0.276 e. The molecule has 37 nitrogen and oxygen atoms in total. The van der Waals surface area contributed by atoms with Gasteiger partial charge in [-0.25, -0.2) is 19.9 Å². The molecule has 0 radical (unpaired) electrons. The van der Waals surface area contributed by atoms with Crippen molar-refractivity contribution in [2.24, 2.45) is 0 Å². The Labute approximate surface area is 859 Å². The minimum atomic E-state index is -0.330. The van der Waals surface area contributed by atoms with Crippen molar-refractivity contribution in [3.63, 3.8) is 0 Å². The average Bonchev–Trinajstić information content (AvgIpc) is 1.65. The van der Waals surface area contributed by atoms with E-state index in [2.05, 4.69) is 154 Å². The SMILES string of the molecule is O=C(Nc1ccc(N2CCC(O)CC2)nc1)c1n[nH]c2ccc(-c3cncc(CN4CCC4)c3)cc12.O=C(Nc1ccc(N2CCC(O)CC2)nc1)c1n[nH]c2ccc(-c3cncc(CN4CCCC4)c3)cc12.O=C(Nc1ccc(N2CCC(O)CC2)nc1)c1n[nH]c2ccc(-c3cncc(CN4CCOCC4)c3)cc12.O=C(Nc1ccc(N2CCC(O)CC2)nc1)c1n[nH]c2ccc(-c3cncc(Oc4ccccc4)c3)cc12. The Morgan fingerprint density at radius 3 is 0.872 bits per heavy atom. The first-order valence-corrected chi connectivity index (χ1v) is 51.0. The lowest BCUT2D eigenvalue weighted by molar-refractivity contribution is 0.0341. The molecule has 0 bridgehead atoms. The quantitative estimate of drug-likeness (QED) is 0.0267. The van der Waals surface area contributed by atoms with Crippen molar-refractivity contribution in [2.75, 3.05) is 146 Å². The number of para-hydroxylation sites is 1. The molecule has 760 valence electrons. The van der Waals surface area contributed by atoms with E-state index in [0.717, 1.165) is 293 Å². The lowest BCUT2D eigenvalue weighted by Gasteiger charge is -2.30. The van der Waals surface area contributed by atoms with E-state index in [0.29, 0.717) is 56.7 Å². The van der Waals surface area contributed by atoms with Crippen LogP contribution >= 0.6 is 0 Å². The molecule has 0 spiro atoms. The summed E-state index contributed by atoms with van der Waals surface area (Å²) in [5.74, 6) is 3.50. The number of aromatic amines is 4. The largest absolute Gasteiger partial charge is 0.456 e. The highest BCUT2D eigenvalue weighted by atomic mass is 16.5. The Balaban J connectivity index is 0.000000116. The molecule has 12 aromatic heterocycles. The normalized spacial score (nSPS) is 16.2. The van der Waals surface area contributed by atoms with Gasteiger partial charge in [0.15, 0.2) is 22.8 Å². The minimum absolute atomic E-state index is 0.227. The molecule has 19 heterocycles. The van der Waals surface area contributed by atoms with Gasteiger partial charge in [0.25, 0.3) is 23.6 Å². The van der Waals surface area contributed by atoms with Gasteiger partial charge >= 0.3 is 0 Å². The van der Waals surface area contributed by atoms with Crippen LogP contribution in [0.15, 0.2) is 250 Å². The predicted octanol–water partition coefficient (Wildman–Crippen LogP) is 15.4. The maximum absolute atomic E-state index is 13.1. The van der Waals surface area contributed by atoms with Gasteiger partial charge in [-0.15, -0.1) is 0 Å². The monoisotopic (exact) mass is 2000 g/mol. The fourth-order valence-corrected chi connectivity index (χ4v) is 19.7. The van der Waals surface area contributed by atoms with Crippen molar-refractivity contribution >= 4 is 113 Å². The van der Waals surface area contributed by atoms with Gasteiger partial charge in [-0.1, -0.05) is 42.5 Å². The van der Waals surface area contributed by atoms with Crippen molar-refractivity contribution in [3.05, 3.63) is 290 Å². The fourth-order valence-electron chi connectivity index (χ4n) is 19.7. The molecule has 0 aliphatic carbocycles. The number of rotatable bonds is 24. The second-order valence-corrected chi connectivity index (χ2v) is 38.7. The van der Waals surface area contributed by atoms with Crippen LogP contribution in [-0.4, -0.2) is 269 Å². The summed E-state index contributed by atoms with van der Waals surface area (Å²) >= 11 is 0. The summed E-state index contributed by atoms with van der Waals surface area (Å²) in [5.41, 5.74) is 18.1. The number of anilines is 8. The van der Waals surface area contributed by atoms with Crippen LogP contribution in [0.4, 0.5) is 46.0 Å². The number of piperidine rings is 4. The predicted molar refractivity (Wildman–Crippen MR) is 573 cm³/mol. The second kappa shape index (κ2) is 46.2. The summed E-state index contributed by atoms with van der Waals surface area (Å²) in [6, 6.07) is 56.5. The number of aromatic nitrogens is 16. The molecule has 7 fully saturated rings. The molecule has 37 heteroatoms. The average molecular weight is 2000 g/mol. The molecular formula is C112H117N27O10. The highest BCUT2D eigenvalue weighted by molar-refractivity contribution is 6.15. The van der Waals surface area contributed by atoms with Crippen molar-refractivity contribution in [1.82, 2.24) is 95.4 Å². The first kappa shape index (κ1) is 98.7. The van der Waals surface area contributed by atoms with E-state index in [4.69, 9.17) is 9.47 Å². The number of carbonyl (C=O) groups excluding carboxylic acids is 4. The lowest BCUT2D eigenvalue weighted by Crippen LogP contribution is -2.36. The van der Waals surface area contributed by atoms with E-state index in [1.54, 1.807) is 37.2 Å². The third-order valence-corrected chi connectivity index (χ3v) is 28.2. The Hall–Kier alpha value is -16.3. The van der Waals surface area contributed by atoms with Crippen LogP contribution in [-0.2, 0) is 24.4 Å². The maximum atomic E-state index is 13.1. The number of carbonyl (C=O) groups is 4. The molecule has 7 aliphatic heterocycles. The number of benzene rings is 5. The summed E-state index contributed by atoms with van der Waals surface area (Å²) in [6.07, 6.45) is 30.2. The van der Waals surface area contributed by atoms with Crippen molar-refractivity contribution < 1.29 is 49.1 Å². The van der Waals surface area contributed by atoms with Crippen LogP contribution < -0.4 is 45.6 Å². The number of aliphatic hydroxyl groups is 4. The summed E-state index contributed by atoms with van der Waals surface area (Å²) < 4.78 is 11.4. The molecule has 7 aliphatic rings. The fraction of sp³-hybridized carbons (Fsp3) is 0.304. The van der Waals surface area contributed by atoms with E-state index < -0.39 is 0 Å². The molecule has 4 amide bonds. The number of pyridine rings is 8. The van der Waals surface area contributed by atoms with Crippen LogP contribution in [0.3, 0.4) is 0 Å². The lowest BCUT2D eigenvalue weighted by atomic mass is 10.0. The number of H-pyrrole nitrogens is 4. The highest BCUT2D eigenvalue weighted by Crippen LogP contribution is 2.36. The first-order chi connectivity index (χ1) is 73.0.